The lowest BCUT2D eigenvalue weighted by Gasteiger charge is -2.29. The average molecular weight is 504 g/mol. The van der Waals surface area contributed by atoms with Gasteiger partial charge in [-0.3, -0.25) is 4.79 Å². The van der Waals surface area contributed by atoms with Crippen LogP contribution in [0.2, 0.25) is 0 Å². The van der Waals surface area contributed by atoms with Crippen LogP contribution in [-0.4, -0.2) is 21.4 Å². The van der Waals surface area contributed by atoms with E-state index in [-0.39, 0.29) is 4.90 Å². The van der Waals surface area contributed by atoms with Gasteiger partial charge in [0.25, 0.3) is 10.0 Å². The third-order valence-electron chi connectivity index (χ3n) is 6.81. The molecule has 0 radical (unpaired) electrons. The van der Waals surface area contributed by atoms with E-state index in [2.05, 4.69) is 4.72 Å². The van der Waals surface area contributed by atoms with Gasteiger partial charge in [-0.1, -0.05) is 54.6 Å². The van der Waals surface area contributed by atoms with E-state index in [1.165, 1.54) is 12.1 Å². The number of aryl methyl sites for hydroxylation is 1. The number of carbonyl (C=O) groups is 1. The van der Waals surface area contributed by atoms with Crippen LogP contribution in [0, 0.1) is 12.7 Å². The predicted octanol–water partition coefficient (Wildman–Crippen LogP) is 5.89. The molecule has 5 rings (SSSR count). The van der Waals surface area contributed by atoms with Crippen molar-refractivity contribution in [2.45, 2.75) is 37.0 Å². The molecule has 0 saturated carbocycles. The summed E-state index contributed by atoms with van der Waals surface area (Å²) in [5, 5.41) is 1.30. The lowest BCUT2D eigenvalue weighted by Crippen LogP contribution is -2.36. The third-order valence-corrected chi connectivity index (χ3v) is 8.21. The Labute approximate surface area is 210 Å². The van der Waals surface area contributed by atoms with E-state index in [1.54, 1.807) is 43.5 Å². The van der Waals surface area contributed by atoms with E-state index in [0.717, 1.165) is 16.5 Å². The molecule has 0 bridgehead atoms. The summed E-state index contributed by atoms with van der Waals surface area (Å²) in [6.45, 7) is 1.81. The molecule has 4 aromatic rings. The fourth-order valence-corrected chi connectivity index (χ4v) is 6.39. The Balaban J connectivity index is 1.59. The summed E-state index contributed by atoms with van der Waals surface area (Å²) >= 11 is 0. The quantitative estimate of drug-likeness (QED) is 0.369. The summed E-state index contributed by atoms with van der Waals surface area (Å²) in [7, 11) is -2.60. The van der Waals surface area contributed by atoms with Crippen LogP contribution in [0.3, 0.4) is 0 Å². The zero-order chi connectivity index (χ0) is 25.4. The first-order valence-electron chi connectivity index (χ1n) is 11.8. The highest BCUT2D eigenvalue weighted by Crippen LogP contribution is 2.43. The second-order valence-electron chi connectivity index (χ2n) is 9.08. The van der Waals surface area contributed by atoms with Crippen molar-refractivity contribution in [2.75, 3.05) is 7.11 Å². The molecular weight excluding hydrogens is 477 g/mol. The number of ether oxygens (including phenoxy) is 1. The topological polar surface area (TPSA) is 72.5 Å². The SMILES string of the molecule is COc1ccc(-c2ccc(C)cc2F)c2c1CCCC2C(=O)NS(=O)(=O)c1cccc2ccccc12. The fraction of sp³-hybridized carbons (Fsp3) is 0.207. The molecule has 0 heterocycles. The zero-order valence-electron chi connectivity index (χ0n) is 20.0. The molecule has 0 fully saturated rings. The van der Waals surface area contributed by atoms with Crippen molar-refractivity contribution < 1.29 is 22.3 Å². The number of rotatable bonds is 5. The van der Waals surface area contributed by atoms with Gasteiger partial charge in [-0.25, -0.2) is 17.5 Å². The first-order valence-corrected chi connectivity index (χ1v) is 13.3. The Morgan fingerprint density at radius 2 is 1.75 bits per heavy atom. The highest BCUT2D eigenvalue weighted by Gasteiger charge is 2.34. The Bertz CT molecular complexity index is 1590. The molecule has 5 nitrogen and oxygen atoms in total. The van der Waals surface area contributed by atoms with Gasteiger partial charge in [0.2, 0.25) is 5.91 Å². The number of amides is 1. The Kier molecular flexibility index (Phi) is 6.26. The number of hydrogen-bond donors (Lipinski definition) is 1. The van der Waals surface area contributed by atoms with Crippen molar-refractivity contribution in [3.63, 3.8) is 0 Å². The van der Waals surface area contributed by atoms with E-state index in [4.69, 9.17) is 4.74 Å². The minimum Gasteiger partial charge on any atom is -0.496 e. The lowest BCUT2D eigenvalue weighted by atomic mass is 9.77. The summed E-state index contributed by atoms with van der Waals surface area (Å²) in [5.41, 5.74) is 3.16. The maximum Gasteiger partial charge on any atom is 0.264 e. The molecule has 7 heteroatoms. The summed E-state index contributed by atoms with van der Waals surface area (Å²) in [5.74, 6) is -1.19. The molecule has 1 N–H and O–H groups in total. The number of benzene rings is 4. The van der Waals surface area contributed by atoms with Crippen LogP contribution in [0.5, 0.6) is 5.75 Å². The van der Waals surface area contributed by atoms with Crippen molar-refractivity contribution in [2.24, 2.45) is 0 Å². The van der Waals surface area contributed by atoms with E-state index in [1.807, 2.05) is 31.2 Å². The lowest BCUT2D eigenvalue weighted by molar-refractivity contribution is -0.121. The van der Waals surface area contributed by atoms with Crippen LogP contribution >= 0.6 is 0 Å². The van der Waals surface area contributed by atoms with Crippen LogP contribution in [0.15, 0.2) is 77.7 Å². The molecule has 1 aliphatic rings. The van der Waals surface area contributed by atoms with Gasteiger partial charge in [-0.2, -0.15) is 0 Å². The van der Waals surface area contributed by atoms with Crippen LogP contribution in [0.25, 0.3) is 21.9 Å². The van der Waals surface area contributed by atoms with Crippen molar-refractivity contribution in [1.82, 2.24) is 4.72 Å². The summed E-state index contributed by atoms with van der Waals surface area (Å²) in [6, 6.07) is 20.6. The van der Waals surface area contributed by atoms with Gasteiger partial charge in [0.05, 0.1) is 17.9 Å². The largest absolute Gasteiger partial charge is 0.496 e. The van der Waals surface area contributed by atoms with Crippen LogP contribution in [0.1, 0.15) is 35.4 Å². The van der Waals surface area contributed by atoms with E-state index in [9.17, 15) is 13.2 Å². The number of nitrogens with one attached hydrogen (secondary N) is 1. The van der Waals surface area contributed by atoms with Gasteiger partial charge >= 0.3 is 0 Å². The number of hydrogen-bond acceptors (Lipinski definition) is 4. The average Bonchev–Trinajstić information content (AvgIpc) is 2.87. The summed E-state index contributed by atoms with van der Waals surface area (Å²) in [6.07, 6.45) is 1.77. The Morgan fingerprint density at radius 1 is 1.00 bits per heavy atom. The van der Waals surface area contributed by atoms with Crippen LogP contribution in [0.4, 0.5) is 4.39 Å². The monoisotopic (exact) mass is 503 g/mol. The molecule has 1 amide bonds. The summed E-state index contributed by atoms with van der Waals surface area (Å²) < 4.78 is 49.6. The molecule has 0 aromatic heterocycles. The normalized spacial score (nSPS) is 15.4. The second kappa shape index (κ2) is 9.39. The molecule has 36 heavy (non-hydrogen) atoms. The van der Waals surface area contributed by atoms with E-state index in [0.29, 0.717) is 47.1 Å². The van der Waals surface area contributed by atoms with Crippen molar-refractivity contribution >= 4 is 26.7 Å². The van der Waals surface area contributed by atoms with Crippen LogP contribution in [-0.2, 0) is 21.2 Å². The maximum absolute atomic E-state index is 15.0. The molecule has 0 aliphatic heterocycles. The molecule has 0 spiro atoms. The first-order chi connectivity index (χ1) is 17.3. The third kappa shape index (κ3) is 4.24. The molecule has 1 atom stereocenters. The number of methoxy groups -OCH3 is 1. The van der Waals surface area contributed by atoms with Crippen molar-refractivity contribution in [1.29, 1.82) is 0 Å². The Morgan fingerprint density at radius 3 is 2.53 bits per heavy atom. The standard InChI is InChI=1S/C29H26FNO4S/c1-18-13-14-21(25(30)17-18)22-15-16-26(35-2)23-10-6-11-24(28(22)23)29(32)31-36(33,34)27-12-5-8-19-7-3-4-9-20(19)27/h3-5,7-9,12-17,24H,6,10-11H2,1-2H3,(H,31,32). The smallest absolute Gasteiger partial charge is 0.264 e. The number of sulfonamides is 1. The highest BCUT2D eigenvalue weighted by atomic mass is 32.2. The minimum absolute atomic E-state index is 0.0421. The van der Waals surface area contributed by atoms with E-state index >= 15 is 4.39 Å². The molecular formula is C29H26FNO4S. The van der Waals surface area contributed by atoms with Gasteiger partial charge in [-0.05, 0) is 72.0 Å². The fourth-order valence-electron chi connectivity index (χ4n) is 5.14. The minimum atomic E-state index is -4.15. The van der Waals surface area contributed by atoms with Crippen molar-refractivity contribution in [3.8, 4) is 16.9 Å². The maximum atomic E-state index is 15.0. The predicted molar refractivity (Wildman–Crippen MR) is 138 cm³/mol. The molecule has 4 aromatic carbocycles. The van der Waals surface area contributed by atoms with Gasteiger partial charge < -0.3 is 4.74 Å². The molecule has 1 aliphatic carbocycles. The number of halogens is 1. The van der Waals surface area contributed by atoms with E-state index < -0.39 is 27.7 Å². The van der Waals surface area contributed by atoms with Gasteiger partial charge in [-0.15, -0.1) is 0 Å². The van der Waals surface area contributed by atoms with Gasteiger partial charge in [0, 0.05) is 10.9 Å². The summed E-state index contributed by atoms with van der Waals surface area (Å²) in [4.78, 5) is 13.6. The van der Waals surface area contributed by atoms with Crippen molar-refractivity contribution in [3.05, 3.63) is 95.3 Å². The van der Waals surface area contributed by atoms with Crippen LogP contribution < -0.4 is 9.46 Å². The highest BCUT2D eigenvalue weighted by molar-refractivity contribution is 7.90. The zero-order valence-corrected chi connectivity index (χ0v) is 20.9. The number of fused-ring (bicyclic) bond motifs is 2. The molecule has 0 saturated heterocycles. The number of carbonyl (C=O) groups excluding carboxylic acids is 1. The molecule has 184 valence electrons. The first kappa shape index (κ1) is 24.0. The molecule has 1 unspecified atom stereocenters. The Hall–Kier alpha value is -3.71. The van der Waals surface area contributed by atoms with Gasteiger partial charge in [0.1, 0.15) is 11.6 Å². The second-order valence-corrected chi connectivity index (χ2v) is 10.7. The van der Waals surface area contributed by atoms with Gasteiger partial charge in [0.15, 0.2) is 0 Å².